The van der Waals surface area contributed by atoms with Gasteiger partial charge in [0.1, 0.15) is 10.7 Å². The van der Waals surface area contributed by atoms with E-state index in [-0.39, 0.29) is 23.1 Å². The number of ether oxygens (including phenoxy) is 1. The number of aromatic nitrogens is 1. The van der Waals surface area contributed by atoms with E-state index in [1.807, 2.05) is 32.0 Å². The average Bonchev–Trinajstić information content (AvgIpc) is 3.14. The van der Waals surface area contributed by atoms with Crippen molar-refractivity contribution in [3.05, 3.63) is 54.2 Å². The lowest BCUT2D eigenvalue weighted by Crippen LogP contribution is -2.45. The van der Waals surface area contributed by atoms with Crippen molar-refractivity contribution in [2.24, 2.45) is 0 Å². The van der Waals surface area contributed by atoms with Gasteiger partial charge >= 0.3 is 0 Å². The van der Waals surface area contributed by atoms with Crippen LogP contribution in [0.25, 0.3) is 0 Å². The topological polar surface area (TPSA) is 74.8 Å². The average molecular weight is 431 g/mol. The molecule has 1 aromatic carbocycles. The van der Waals surface area contributed by atoms with Gasteiger partial charge < -0.3 is 9.64 Å². The molecule has 2 saturated heterocycles. The molecule has 2 aliphatic heterocycles. The Hall–Kier alpha value is -2.00. The van der Waals surface area contributed by atoms with Gasteiger partial charge in [0, 0.05) is 45.0 Å². The lowest BCUT2D eigenvalue weighted by atomic mass is 10.2. The molecule has 30 heavy (non-hydrogen) atoms. The molecular formula is C22H30N4O3S. The molecule has 1 N–H and O–H groups in total. The van der Waals surface area contributed by atoms with E-state index >= 15 is 0 Å². The highest BCUT2D eigenvalue weighted by Gasteiger charge is 2.28. The van der Waals surface area contributed by atoms with Crippen LogP contribution in [-0.4, -0.2) is 62.7 Å². The fourth-order valence-corrected chi connectivity index (χ4v) is 5.49. The first kappa shape index (κ1) is 21.2. The minimum absolute atomic E-state index is 0.0840. The molecule has 0 saturated carbocycles. The highest BCUT2D eigenvalue weighted by atomic mass is 32.2. The molecule has 0 aliphatic carbocycles. The molecule has 1 aromatic heterocycles. The summed E-state index contributed by atoms with van der Waals surface area (Å²) in [6.45, 7) is 8.01. The zero-order chi connectivity index (χ0) is 21.1. The van der Waals surface area contributed by atoms with Gasteiger partial charge in [-0.1, -0.05) is 30.3 Å². The summed E-state index contributed by atoms with van der Waals surface area (Å²) in [6, 6.07) is 13.6. The highest BCUT2D eigenvalue weighted by Crippen LogP contribution is 2.21. The fourth-order valence-electron chi connectivity index (χ4n) is 4.28. The van der Waals surface area contributed by atoms with E-state index in [1.54, 1.807) is 12.1 Å². The maximum absolute atomic E-state index is 12.8. The van der Waals surface area contributed by atoms with E-state index in [0.29, 0.717) is 6.54 Å². The van der Waals surface area contributed by atoms with Crippen molar-refractivity contribution >= 4 is 15.8 Å². The Labute approximate surface area is 179 Å². The fraction of sp³-hybridized carbons (Fsp3) is 0.500. The number of likely N-dealkylation sites (tertiary alicyclic amines) is 1. The van der Waals surface area contributed by atoms with Crippen LogP contribution in [0.5, 0.6) is 0 Å². The smallest absolute Gasteiger partial charge is 0.242 e. The number of morpholine rings is 1. The predicted molar refractivity (Wildman–Crippen MR) is 117 cm³/mol. The lowest BCUT2D eigenvalue weighted by molar-refractivity contribution is -0.00546. The highest BCUT2D eigenvalue weighted by molar-refractivity contribution is 7.89. The molecule has 3 atom stereocenters. The summed E-state index contributed by atoms with van der Waals surface area (Å²) in [4.78, 5) is 9.06. The van der Waals surface area contributed by atoms with Crippen LogP contribution in [0.2, 0.25) is 0 Å². The minimum Gasteiger partial charge on any atom is -0.372 e. The maximum Gasteiger partial charge on any atom is 0.242 e. The molecule has 8 heteroatoms. The van der Waals surface area contributed by atoms with Crippen molar-refractivity contribution in [1.82, 2.24) is 14.6 Å². The van der Waals surface area contributed by atoms with E-state index < -0.39 is 10.0 Å². The Kier molecular flexibility index (Phi) is 6.38. The number of benzene rings is 1. The van der Waals surface area contributed by atoms with E-state index in [4.69, 9.17) is 4.74 Å². The van der Waals surface area contributed by atoms with Crippen molar-refractivity contribution in [3.63, 3.8) is 0 Å². The molecule has 1 unspecified atom stereocenters. The molecule has 2 aliphatic rings. The van der Waals surface area contributed by atoms with Gasteiger partial charge in [0.2, 0.25) is 10.0 Å². The van der Waals surface area contributed by atoms with E-state index in [0.717, 1.165) is 38.4 Å². The molecular weight excluding hydrogens is 400 g/mol. The molecule has 2 fully saturated rings. The van der Waals surface area contributed by atoms with Crippen molar-refractivity contribution in [1.29, 1.82) is 0 Å². The summed E-state index contributed by atoms with van der Waals surface area (Å²) in [5.41, 5.74) is 1.24. The Morgan fingerprint density at radius 2 is 1.80 bits per heavy atom. The van der Waals surface area contributed by atoms with Crippen LogP contribution in [0.15, 0.2) is 53.6 Å². The molecule has 0 bridgehead atoms. The van der Waals surface area contributed by atoms with E-state index in [1.165, 1.54) is 11.8 Å². The first-order valence-electron chi connectivity index (χ1n) is 10.5. The third kappa shape index (κ3) is 5.18. The summed E-state index contributed by atoms with van der Waals surface area (Å²) in [6.07, 6.45) is 2.52. The van der Waals surface area contributed by atoms with E-state index in [9.17, 15) is 8.42 Å². The summed E-state index contributed by atoms with van der Waals surface area (Å²) in [5, 5.41) is 0. The molecule has 0 spiro atoms. The second kappa shape index (κ2) is 9.01. The molecule has 162 valence electrons. The summed E-state index contributed by atoms with van der Waals surface area (Å²) < 4.78 is 34.3. The maximum atomic E-state index is 12.8. The SMILES string of the molecule is C[C@@H]1CN(c2ccc(S(=O)(=O)NC3CCN(Cc4ccccc4)C3)cn2)C[C@H](C)O1. The zero-order valence-electron chi connectivity index (χ0n) is 17.6. The molecule has 2 aromatic rings. The second-order valence-electron chi connectivity index (χ2n) is 8.34. The van der Waals surface area contributed by atoms with Gasteiger partial charge in [-0.2, -0.15) is 0 Å². The number of rotatable bonds is 6. The number of pyridine rings is 1. The molecule has 0 amide bonds. The normalized spacial score (nSPS) is 25.5. The van der Waals surface area contributed by atoms with Crippen LogP contribution in [0.1, 0.15) is 25.8 Å². The Balaban J connectivity index is 1.36. The number of sulfonamides is 1. The second-order valence-corrected chi connectivity index (χ2v) is 10.1. The molecule has 4 rings (SSSR count). The lowest BCUT2D eigenvalue weighted by Gasteiger charge is -2.36. The zero-order valence-corrected chi connectivity index (χ0v) is 18.4. The number of anilines is 1. The third-order valence-corrected chi connectivity index (χ3v) is 7.12. The quantitative estimate of drug-likeness (QED) is 0.758. The van der Waals surface area contributed by atoms with Crippen LogP contribution in [0.4, 0.5) is 5.82 Å². The number of nitrogens with zero attached hydrogens (tertiary/aromatic N) is 3. The number of hydrogen-bond donors (Lipinski definition) is 1. The largest absolute Gasteiger partial charge is 0.372 e. The molecule has 0 radical (unpaired) electrons. The Bertz CT molecular complexity index is 927. The van der Waals surface area contributed by atoms with Crippen LogP contribution < -0.4 is 9.62 Å². The summed E-state index contributed by atoms with van der Waals surface area (Å²) in [5.74, 6) is 0.783. The van der Waals surface area contributed by atoms with Gasteiger partial charge in [-0.15, -0.1) is 0 Å². The van der Waals surface area contributed by atoms with Gasteiger partial charge in [0.15, 0.2) is 0 Å². The van der Waals surface area contributed by atoms with E-state index in [2.05, 4.69) is 31.6 Å². The van der Waals surface area contributed by atoms with Crippen LogP contribution in [0.3, 0.4) is 0 Å². The third-order valence-electron chi connectivity index (χ3n) is 5.62. The first-order valence-corrected chi connectivity index (χ1v) is 12.0. The minimum atomic E-state index is -3.59. The predicted octanol–water partition coefficient (Wildman–Crippen LogP) is 2.25. The first-order chi connectivity index (χ1) is 14.4. The van der Waals surface area contributed by atoms with Gasteiger partial charge in [0.05, 0.1) is 12.2 Å². The molecule has 3 heterocycles. The number of hydrogen-bond acceptors (Lipinski definition) is 6. The summed E-state index contributed by atoms with van der Waals surface area (Å²) >= 11 is 0. The van der Waals surface area contributed by atoms with Gasteiger partial charge in [0.25, 0.3) is 0 Å². The van der Waals surface area contributed by atoms with Gasteiger partial charge in [-0.25, -0.2) is 18.1 Å². The Morgan fingerprint density at radius 3 is 2.47 bits per heavy atom. The van der Waals surface area contributed by atoms with Crippen molar-refractivity contribution in [2.75, 3.05) is 31.1 Å². The Morgan fingerprint density at radius 1 is 1.07 bits per heavy atom. The van der Waals surface area contributed by atoms with Crippen LogP contribution in [-0.2, 0) is 21.3 Å². The monoisotopic (exact) mass is 430 g/mol. The van der Waals surface area contributed by atoms with Crippen molar-refractivity contribution < 1.29 is 13.2 Å². The van der Waals surface area contributed by atoms with Crippen LogP contribution in [0, 0.1) is 0 Å². The van der Waals surface area contributed by atoms with Gasteiger partial charge in [-0.3, -0.25) is 4.90 Å². The standard InChI is InChI=1S/C22H30N4O3S/c1-17-13-26(14-18(2)29-17)22-9-8-21(12-23-22)30(27,28)24-20-10-11-25(16-20)15-19-6-4-3-5-7-19/h3-9,12,17-18,20,24H,10-11,13-16H2,1-2H3/t17-,18+,20?. The summed E-state index contributed by atoms with van der Waals surface area (Å²) in [7, 11) is -3.59. The number of nitrogens with one attached hydrogen (secondary N) is 1. The van der Waals surface area contributed by atoms with Crippen molar-refractivity contribution in [2.45, 2.75) is 50.0 Å². The van der Waals surface area contributed by atoms with Crippen LogP contribution >= 0.6 is 0 Å². The van der Waals surface area contributed by atoms with Crippen molar-refractivity contribution in [3.8, 4) is 0 Å². The molecule has 7 nitrogen and oxygen atoms in total. The van der Waals surface area contributed by atoms with Gasteiger partial charge in [-0.05, 0) is 38.0 Å².